The molecule has 0 saturated heterocycles. The van der Waals surface area contributed by atoms with E-state index in [1.54, 1.807) is 13.0 Å². The number of benzene rings is 1. The summed E-state index contributed by atoms with van der Waals surface area (Å²) in [6.45, 7) is 4.06. The number of hydrogen-bond donors (Lipinski definition) is 1. The normalized spacial score (nSPS) is 12.2. The lowest BCUT2D eigenvalue weighted by atomic mass is 10.0. The molecule has 2 N–H and O–H groups in total. The third kappa shape index (κ3) is 3.51. The van der Waals surface area contributed by atoms with E-state index in [9.17, 15) is 4.79 Å². The molecule has 1 rings (SSSR count). The first-order valence-electron chi connectivity index (χ1n) is 5.21. The third-order valence-corrected chi connectivity index (χ3v) is 2.72. The lowest BCUT2D eigenvalue weighted by Gasteiger charge is -2.12. The van der Waals surface area contributed by atoms with Crippen LogP contribution < -0.4 is 5.73 Å². The number of ether oxygens (including phenoxy) is 1. The molecule has 0 aliphatic carbocycles. The SMILES string of the molecule is CCOC(=O)CC(N)c1ccc(C)c(Cl)c1. The highest BCUT2D eigenvalue weighted by molar-refractivity contribution is 6.31. The number of carbonyl (C=O) groups excluding carboxylic acids is 1. The predicted octanol–water partition coefficient (Wildman–Crippen LogP) is 2.60. The van der Waals surface area contributed by atoms with Crippen molar-refractivity contribution in [2.75, 3.05) is 6.61 Å². The monoisotopic (exact) mass is 241 g/mol. The van der Waals surface area contributed by atoms with Crippen molar-refractivity contribution in [3.63, 3.8) is 0 Å². The zero-order valence-electron chi connectivity index (χ0n) is 9.50. The summed E-state index contributed by atoms with van der Waals surface area (Å²) in [5.41, 5.74) is 7.73. The second-order valence-corrected chi connectivity index (χ2v) is 4.03. The van der Waals surface area contributed by atoms with Gasteiger partial charge in [0.25, 0.3) is 0 Å². The van der Waals surface area contributed by atoms with Crippen LogP contribution >= 0.6 is 11.6 Å². The van der Waals surface area contributed by atoms with Crippen molar-refractivity contribution in [2.24, 2.45) is 5.73 Å². The molecule has 3 nitrogen and oxygen atoms in total. The summed E-state index contributed by atoms with van der Waals surface area (Å²) in [4.78, 5) is 11.2. The average molecular weight is 242 g/mol. The lowest BCUT2D eigenvalue weighted by Crippen LogP contribution is -2.17. The van der Waals surface area contributed by atoms with Gasteiger partial charge in [-0.15, -0.1) is 0 Å². The Bertz CT molecular complexity index is 379. The van der Waals surface area contributed by atoms with Crippen molar-refractivity contribution in [3.05, 3.63) is 34.3 Å². The molecule has 0 fully saturated rings. The first kappa shape index (κ1) is 13.0. The average Bonchev–Trinajstić information content (AvgIpc) is 2.22. The van der Waals surface area contributed by atoms with E-state index in [-0.39, 0.29) is 18.4 Å². The number of hydrogen-bond acceptors (Lipinski definition) is 3. The summed E-state index contributed by atoms with van der Waals surface area (Å²) in [7, 11) is 0. The van der Waals surface area contributed by atoms with E-state index in [1.165, 1.54) is 0 Å². The van der Waals surface area contributed by atoms with E-state index >= 15 is 0 Å². The summed E-state index contributed by atoms with van der Waals surface area (Å²) in [5.74, 6) is -0.285. The number of rotatable bonds is 4. The van der Waals surface area contributed by atoms with Gasteiger partial charge in [0.05, 0.1) is 13.0 Å². The van der Waals surface area contributed by atoms with Crippen molar-refractivity contribution in [2.45, 2.75) is 26.3 Å². The second-order valence-electron chi connectivity index (χ2n) is 3.62. The molecule has 1 atom stereocenters. The Hall–Kier alpha value is -1.06. The van der Waals surface area contributed by atoms with E-state index in [0.717, 1.165) is 11.1 Å². The van der Waals surface area contributed by atoms with Crippen molar-refractivity contribution in [1.29, 1.82) is 0 Å². The largest absolute Gasteiger partial charge is 0.466 e. The number of halogens is 1. The van der Waals surface area contributed by atoms with Gasteiger partial charge < -0.3 is 10.5 Å². The standard InChI is InChI=1S/C12H16ClNO2/c1-3-16-12(15)7-11(14)9-5-4-8(2)10(13)6-9/h4-6,11H,3,7,14H2,1-2H3. The third-order valence-electron chi connectivity index (χ3n) is 2.32. The highest BCUT2D eigenvalue weighted by Crippen LogP contribution is 2.22. The number of carbonyl (C=O) groups is 1. The topological polar surface area (TPSA) is 52.3 Å². The van der Waals surface area contributed by atoms with Crippen LogP contribution in [0.25, 0.3) is 0 Å². The minimum absolute atomic E-state index is 0.174. The van der Waals surface area contributed by atoms with Gasteiger partial charge >= 0.3 is 5.97 Å². The highest BCUT2D eigenvalue weighted by Gasteiger charge is 2.13. The minimum Gasteiger partial charge on any atom is -0.466 e. The molecular formula is C12H16ClNO2. The van der Waals surface area contributed by atoms with Crippen LogP contribution in [0.3, 0.4) is 0 Å². The Morgan fingerprint density at radius 3 is 2.81 bits per heavy atom. The van der Waals surface area contributed by atoms with E-state index in [0.29, 0.717) is 11.6 Å². The zero-order valence-corrected chi connectivity index (χ0v) is 10.3. The maximum Gasteiger partial charge on any atom is 0.307 e. The van der Waals surface area contributed by atoms with Gasteiger partial charge in [0, 0.05) is 11.1 Å². The molecule has 0 aliphatic rings. The summed E-state index contributed by atoms with van der Waals surface area (Å²) in [5, 5.41) is 0.664. The molecule has 16 heavy (non-hydrogen) atoms. The Balaban J connectivity index is 2.69. The number of aryl methyl sites for hydroxylation is 1. The quantitative estimate of drug-likeness (QED) is 0.825. The van der Waals surface area contributed by atoms with Gasteiger partial charge in [-0.1, -0.05) is 23.7 Å². The Morgan fingerprint density at radius 1 is 1.56 bits per heavy atom. The smallest absolute Gasteiger partial charge is 0.307 e. The van der Waals surface area contributed by atoms with E-state index in [2.05, 4.69) is 0 Å². The van der Waals surface area contributed by atoms with Gasteiger partial charge in [-0.25, -0.2) is 0 Å². The van der Waals surface area contributed by atoms with Gasteiger partial charge in [0.15, 0.2) is 0 Å². The maximum absolute atomic E-state index is 11.2. The van der Waals surface area contributed by atoms with Gasteiger partial charge in [0.2, 0.25) is 0 Å². The number of nitrogens with two attached hydrogens (primary N) is 1. The predicted molar refractivity (Wildman–Crippen MR) is 64.4 cm³/mol. The molecule has 0 radical (unpaired) electrons. The fourth-order valence-corrected chi connectivity index (χ4v) is 1.55. The molecule has 0 aliphatic heterocycles. The first-order chi connectivity index (χ1) is 7.54. The molecular weight excluding hydrogens is 226 g/mol. The summed E-state index contributed by atoms with van der Waals surface area (Å²) in [6.07, 6.45) is 0.174. The van der Waals surface area contributed by atoms with Crippen LogP contribution in [0.5, 0.6) is 0 Å². The fraction of sp³-hybridized carbons (Fsp3) is 0.417. The van der Waals surface area contributed by atoms with Crippen molar-refractivity contribution in [1.82, 2.24) is 0 Å². The van der Waals surface area contributed by atoms with Gasteiger partial charge in [-0.05, 0) is 31.0 Å². The fourth-order valence-electron chi connectivity index (χ4n) is 1.36. The van der Waals surface area contributed by atoms with Crippen LogP contribution in [0.4, 0.5) is 0 Å². The minimum atomic E-state index is -0.364. The van der Waals surface area contributed by atoms with Crippen molar-refractivity contribution >= 4 is 17.6 Å². The summed E-state index contributed by atoms with van der Waals surface area (Å²) >= 11 is 5.98. The van der Waals surface area contributed by atoms with Crippen LogP contribution in [0.15, 0.2) is 18.2 Å². The van der Waals surface area contributed by atoms with Crippen LogP contribution in [0, 0.1) is 6.92 Å². The zero-order chi connectivity index (χ0) is 12.1. The van der Waals surface area contributed by atoms with E-state index in [4.69, 9.17) is 22.1 Å². The molecule has 1 aromatic rings. The van der Waals surface area contributed by atoms with Gasteiger partial charge in [-0.3, -0.25) is 4.79 Å². The van der Waals surface area contributed by atoms with Crippen molar-refractivity contribution < 1.29 is 9.53 Å². The first-order valence-corrected chi connectivity index (χ1v) is 5.59. The Kier molecular flexibility index (Phi) is 4.77. The summed E-state index contributed by atoms with van der Waals surface area (Å²) < 4.78 is 4.84. The molecule has 0 aromatic heterocycles. The molecule has 88 valence electrons. The Labute approximate surface area is 101 Å². The Morgan fingerprint density at radius 2 is 2.25 bits per heavy atom. The summed E-state index contributed by atoms with van der Waals surface area (Å²) in [6, 6.07) is 5.20. The molecule has 1 aromatic carbocycles. The van der Waals surface area contributed by atoms with E-state index in [1.807, 2.05) is 19.1 Å². The lowest BCUT2D eigenvalue weighted by molar-refractivity contribution is -0.143. The van der Waals surface area contributed by atoms with Crippen LogP contribution in [-0.4, -0.2) is 12.6 Å². The molecule has 4 heteroatoms. The van der Waals surface area contributed by atoms with Gasteiger partial charge in [-0.2, -0.15) is 0 Å². The number of esters is 1. The van der Waals surface area contributed by atoms with Crippen LogP contribution in [0.2, 0.25) is 5.02 Å². The molecule has 1 unspecified atom stereocenters. The molecule has 0 heterocycles. The molecule has 0 amide bonds. The second kappa shape index (κ2) is 5.87. The molecule has 0 saturated carbocycles. The van der Waals surface area contributed by atoms with Crippen molar-refractivity contribution in [3.8, 4) is 0 Å². The molecule has 0 spiro atoms. The van der Waals surface area contributed by atoms with Crippen LogP contribution in [-0.2, 0) is 9.53 Å². The highest BCUT2D eigenvalue weighted by atomic mass is 35.5. The van der Waals surface area contributed by atoms with Crippen LogP contribution in [0.1, 0.15) is 30.5 Å². The maximum atomic E-state index is 11.2. The van der Waals surface area contributed by atoms with E-state index < -0.39 is 0 Å². The van der Waals surface area contributed by atoms with Gasteiger partial charge in [0.1, 0.15) is 0 Å². The molecule has 0 bridgehead atoms.